The molecular formula is C48H55N7O8. The minimum Gasteiger partial charge on any atom is -0.465 e. The van der Waals surface area contributed by atoms with Crippen LogP contribution in [0.1, 0.15) is 124 Å². The number of carbonyl (C=O) groups excluding carboxylic acids is 4. The largest absolute Gasteiger partial charge is 0.465 e. The van der Waals surface area contributed by atoms with Crippen LogP contribution in [0.3, 0.4) is 0 Å². The maximum Gasteiger partial charge on any atom is 0.411 e. The number of fused-ring (bicyclic) bond motifs is 6. The number of carbonyl (C=O) groups is 6. The summed E-state index contributed by atoms with van der Waals surface area (Å²) in [4.78, 5) is 84.4. The smallest absolute Gasteiger partial charge is 0.411 e. The van der Waals surface area contributed by atoms with E-state index in [4.69, 9.17) is 11.5 Å². The van der Waals surface area contributed by atoms with Gasteiger partial charge in [0.1, 0.15) is 11.1 Å². The lowest BCUT2D eigenvalue weighted by Gasteiger charge is -2.56. The molecule has 4 aromatic rings. The molecule has 2 fully saturated rings. The van der Waals surface area contributed by atoms with Gasteiger partial charge < -0.3 is 26.2 Å². The molecule has 10 rings (SSSR count). The van der Waals surface area contributed by atoms with Gasteiger partial charge in [-0.25, -0.2) is 9.59 Å². The molecule has 6 amide bonds. The van der Waals surface area contributed by atoms with Crippen molar-refractivity contribution in [1.82, 2.24) is 25.0 Å². The number of primary amides is 2. The number of hydrogen-bond acceptors (Lipinski definition) is 8. The Balaban J connectivity index is 1.36. The van der Waals surface area contributed by atoms with E-state index in [2.05, 4.69) is 48.1 Å². The van der Waals surface area contributed by atoms with Crippen molar-refractivity contribution in [2.75, 3.05) is 13.1 Å². The maximum absolute atomic E-state index is 14.8. The first kappa shape index (κ1) is 43.3. The fourth-order valence-electron chi connectivity index (χ4n) is 12.1. The lowest BCUT2D eigenvalue weighted by atomic mass is 9.56. The van der Waals surface area contributed by atoms with Crippen molar-refractivity contribution >= 4 is 35.8 Å². The molecule has 8 N–H and O–H groups in total. The van der Waals surface area contributed by atoms with Crippen molar-refractivity contribution in [2.24, 2.45) is 11.5 Å². The van der Waals surface area contributed by atoms with Crippen LogP contribution >= 0.6 is 0 Å². The zero-order valence-corrected chi connectivity index (χ0v) is 36.2. The Morgan fingerprint density at radius 2 is 0.968 bits per heavy atom. The van der Waals surface area contributed by atoms with E-state index in [-0.39, 0.29) is 18.3 Å². The number of nitrogens with zero attached hydrogens (tertiary/aromatic N) is 3. The molecule has 0 saturated carbocycles. The van der Waals surface area contributed by atoms with Crippen LogP contribution in [0.2, 0.25) is 0 Å². The van der Waals surface area contributed by atoms with Crippen LogP contribution in [0.5, 0.6) is 0 Å². The van der Waals surface area contributed by atoms with Crippen molar-refractivity contribution in [2.45, 2.75) is 113 Å². The summed E-state index contributed by atoms with van der Waals surface area (Å²) in [6, 6.07) is 25.8. The molecule has 2 aliphatic heterocycles. The predicted octanol–water partition coefficient (Wildman–Crippen LogP) is 5.72. The molecule has 6 aliphatic rings. The van der Waals surface area contributed by atoms with Crippen LogP contribution in [-0.2, 0) is 46.5 Å². The van der Waals surface area contributed by atoms with E-state index in [1.54, 1.807) is 13.8 Å². The molecule has 2 saturated heterocycles. The Morgan fingerprint density at radius 1 is 0.603 bits per heavy atom. The molecule has 6 atom stereocenters. The number of hydrogen-bond donors (Lipinski definition) is 6. The van der Waals surface area contributed by atoms with Crippen LogP contribution in [0, 0.1) is 0 Å². The van der Waals surface area contributed by atoms with Crippen molar-refractivity contribution < 1.29 is 39.0 Å². The molecule has 1 aromatic heterocycles. The van der Waals surface area contributed by atoms with Crippen LogP contribution in [0.15, 0.2) is 84.9 Å². The summed E-state index contributed by atoms with van der Waals surface area (Å²) < 4.78 is 2.15. The van der Waals surface area contributed by atoms with Gasteiger partial charge in [0.25, 0.3) is 11.8 Å². The number of benzene rings is 3. The summed E-state index contributed by atoms with van der Waals surface area (Å²) in [7, 11) is 0. The van der Waals surface area contributed by atoms with Crippen molar-refractivity contribution in [1.29, 1.82) is 0 Å². The summed E-state index contributed by atoms with van der Waals surface area (Å²) in [5.41, 5.74) is 11.7. The second-order valence-electron chi connectivity index (χ2n) is 19.1. The normalized spacial score (nSPS) is 27.6. The average Bonchev–Trinajstić information content (AvgIpc) is 3.98. The number of aromatic nitrogens is 1. The van der Waals surface area contributed by atoms with Gasteiger partial charge in [-0.1, -0.05) is 95.3 Å². The maximum atomic E-state index is 14.8. The zero-order valence-electron chi connectivity index (χ0n) is 36.2. The van der Waals surface area contributed by atoms with Gasteiger partial charge in [-0.05, 0) is 83.2 Å². The highest BCUT2D eigenvalue weighted by atomic mass is 16.4. The van der Waals surface area contributed by atoms with Crippen LogP contribution in [-0.4, -0.2) is 73.5 Å². The SMILES string of the molecule is CC(C)(C)c1ccc(-n2c(C3CCCN3[C@@]3(C(=O)NC(=O)O)c4ccc(cc4)C3(C)CC(N)=O)ccc2C2CCCN2[C@@]2(C(=O)NC(=O)O)c3ccc(cc3)C2(C)CC(N)=O)cc1. The molecule has 15 nitrogen and oxygen atoms in total. The number of nitrogens with two attached hydrogens (primary N) is 2. The Bertz CT molecular complexity index is 2390. The Kier molecular flexibility index (Phi) is 10.4. The Labute approximate surface area is 365 Å². The Hall–Kier alpha value is -6.32. The number of nitrogens with one attached hydrogen (secondary N) is 2. The first-order valence-corrected chi connectivity index (χ1v) is 21.4. The third-order valence-electron chi connectivity index (χ3n) is 14.6. The molecular weight excluding hydrogens is 803 g/mol. The molecule has 3 heterocycles. The monoisotopic (exact) mass is 857 g/mol. The van der Waals surface area contributed by atoms with Crippen LogP contribution in [0.4, 0.5) is 9.59 Å². The quantitative estimate of drug-likeness (QED) is 0.107. The number of carboxylic acid groups (broad SMARTS) is 2. The lowest BCUT2D eigenvalue weighted by Crippen LogP contribution is -2.68. The van der Waals surface area contributed by atoms with E-state index >= 15 is 0 Å². The summed E-state index contributed by atoms with van der Waals surface area (Å²) >= 11 is 0. The van der Waals surface area contributed by atoms with E-state index < -0.39 is 69.8 Å². The van der Waals surface area contributed by atoms with Gasteiger partial charge in [0.2, 0.25) is 11.8 Å². The summed E-state index contributed by atoms with van der Waals surface area (Å²) in [5, 5.41) is 24.4. The number of imide groups is 2. The number of rotatable bonds is 11. The second-order valence-corrected chi connectivity index (χ2v) is 19.1. The van der Waals surface area contributed by atoms with E-state index in [0.29, 0.717) is 61.0 Å². The molecule has 3 aromatic carbocycles. The van der Waals surface area contributed by atoms with Gasteiger partial charge in [-0.15, -0.1) is 0 Å². The van der Waals surface area contributed by atoms with Gasteiger partial charge in [0, 0.05) is 53.8 Å². The fourth-order valence-corrected chi connectivity index (χ4v) is 12.1. The van der Waals surface area contributed by atoms with Gasteiger partial charge in [-0.3, -0.25) is 39.6 Å². The van der Waals surface area contributed by atoms with Crippen LogP contribution < -0.4 is 22.1 Å². The fraction of sp³-hybridized carbons (Fsp3) is 0.417. The highest BCUT2D eigenvalue weighted by Gasteiger charge is 2.66. The highest BCUT2D eigenvalue weighted by molar-refractivity contribution is 6.01. The van der Waals surface area contributed by atoms with Crippen molar-refractivity contribution in [3.8, 4) is 5.69 Å². The first-order valence-electron chi connectivity index (χ1n) is 21.4. The third-order valence-corrected chi connectivity index (χ3v) is 14.6. The summed E-state index contributed by atoms with van der Waals surface area (Å²) in [6.07, 6.45) is -1.12. The summed E-state index contributed by atoms with van der Waals surface area (Å²) in [5.74, 6) is -2.86. The minimum absolute atomic E-state index is 0.165. The van der Waals surface area contributed by atoms with Gasteiger partial charge in [0.05, 0.1) is 12.1 Å². The van der Waals surface area contributed by atoms with Gasteiger partial charge >= 0.3 is 12.2 Å². The topological polar surface area (TPSA) is 230 Å². The molecule has 63 heavy (non-hydrogen) atoms. The number of likely N-dealkylation sites (tertiary alicyclic amines) is 2. The van der Waals surface area contributed by atoms with E-state index in [1.807, 2.05) is 82.6 Å². The van der Waals surface area contributed by atoms with Gasteiger partial charge in [0.15, 0.2) is 0 Å². The first-order chi connectivity index (χ1) is 29.7. The molecule has 0 radical (unpaired) electrons. The van der Waals surface area contributed by atoms with Gasteiger partial charge in [-0.2, -0.15) is 0 Å². The molecule has 4 unspecified atom stereocenters. The van der Waals surface area contributed by atoms with Crippen molar-refractivity contribution in [3.05, 3.63) is 124 Å². The molecule has 15 heteroatoms. The minimum atomic E-state index is -1.67. The predicted molar refractivity (Wildman–Crippen MR) is 233 cm³/mol. The van der Waals surface area contributed by atoms with E-state index in [1.165, 1.54) is 0 Å². The molecule has 330 valence electrons. The van der Waals surface area contributed by atoms with E-state index in [9.17, 15) is 39.0 Å². The number of amides is 6. The highest BCUT2D eigenvalue weighted by Crippen LogP contribution is 2.59. The summed E-state index contributed by atoms with van der Waals surface area (Å²) in [6.45, 7) is 10.7. The molecule has 0 spiro atoms. The second kappa shape index (κ2) is 15.2. The van der Waals surface area contributed by atoms with Crippen LogP contribution in [0.25, 0.3) is 5.69 Å². The standard InChI is InChI=1S/C48H55N7O8/c1-44(2,3)28-18-20-33(21-19-28)55-36(34-8-6-24-53(34)47(40(58)51-42(60)61)31-14-10-29(11-15-31)45(47,4)26-38(49)56)22-23-37(55)35-9-7-25-54(35)48(41(59)52-43(62)63)32-16-12-30(13-17-32)46(48,5)27-39(50)57/h10-23,34-35H,6-9,24-27H2,1-5H3,(H2,49,56)(H2,50,57)(H,51,58)(H,52,59)(H,60,61)(H,62,63)/t34?,35?,45?,46?,47-,48-/m1/s1. The lowest BCUT2D eigenvalue weighted by molar-refractivity contribution is -0.144. The van der Waals surface area contributed by atoms with Crippen molar-refractivity contribution in [3.63, 3.8) is 0 Å². The Morgan fingerprint density at radius 3 is 1.30 bits per heavy atom. The zero-order chi connectivity index (χ0) is 45.4. The van der Waals surface area contributed by atoms with E-state index in [0.717, 1.165) is 22.6 Å². The average molecular weight is 858 g/mol. The molecule has 4 bridgehead atoms. The molecule has 4 aliphatic carbocycles. The third kappa shape index (κ3) is 6.37.